The third-order valence-corrected chi connectivity index (χ3v) is 3.19. The van der Waals surface area contributed by atoms with Crippen LogP contribution in [0.3, 0.4) is 0 Å². The van der Waals surface area contributed by atoms with Gasteiger partial charge in [0, 0.05) is 30.9 Å². The Hall–Kier alpha value is -2.40. The van der Waals surface area contributed by atoms with Crippen molar-refractivity contribution in [2.75, 3.05) is 7.05 Å². The summed E-state index contributed by atoms with van der Waals surface area (Å²) in [6.07, 6.45) is 1.49. The number of halogens is 1. The molecule has 0 unspecified atom stereocenters. The van der Waals surface area contributed by atoms with E-state index in [4.69, 9.17) is 17.3 Å². The maximum atomic E-state index is 12.2. The largest absolute Gasteiger partial charge is 0.366 e. The van der Waals surface area contributed by atoms with E-state index in [0.717, 1.165) is 5.56 Å². The van der Waals surface area contributed by atoms with Gasteiger partial charge >= 0.3 is 0 Å². The number of hydrogen-bond donors (Lipinski definition) is 1. The van der Waals surface area contributed by atoms with Crippen LogP contribution in [0.4, 0.5) is 0 Å². The molecule has 21 heavy (non-hydrogen) atoms. The molecule has 0 aliphatic rings. The first kappa shape index (κ1) is 15.0. The Labute approximate surface area is 127 Å². The van der Waals surface area contributed by atoms with Gasteiger partial charge < -0.3 is 10.6 Å². The summed E-state index contributed by atoms with van der Waals surface area (Å²) in [5.41, 5.74) is 7.00. The molecule has 5 nitrogen and oxygen atoms in total. The number of primary amides is 1. The smallest absolute Gasteiger partial charge is 0.254 e. The zero-order valence-electron chi connectivity index (χ0n) is 11.4. The van der Waals surface area contributed by atoms with Crippen LogP contribution in [-0.2, 0) is 6.54 Å². The molecule has 2 aromatic rings. The minimum Gasteiger partial charge on any atom is -0.366 e. The van der Waals surface area contributed by atoms with Crippen molar-refractivity contribution in [3.63, 3.8) is 0 Å². The lowest BCUT2D eigenvalue weighted by Crippen LogP contribution is -2.26. The van der Waals surface area contributed by atoms with E-state index >= 15 is 0 Å². The summed E-state index contributed by atoms with van der Waals surface area (Å²) in [6.45, 7) is 0.415. The molecule has 0 saturated carbocycles. The quantitative estimate of drug-likeness (QED) is 0.879. The molecule has 1 heterocycles. The summed E-state index contributed by atoms with van der Waals surface area (Å²) >= 11 is 5.78. The number of nitrogens with zero attached hydrogens (tertiary/aromatic N) is 2. The molecule has 0 saturated heterocycles. The summed E-state index contributed by atoms with van der Waals surface area (Å²) in [5, 5.41) is 0.278. The average Bonchev–Trinajstić information content (AvgIpc) is 2.47. The van der Waals surface area contributed by atoms with E-state index in [0.29, 0.717) is 17.7 Å². The van der Waals surface area contributed by atoms with Gasteiger partial charge in [-0.1, -0.05) is 23.7 Å². The summed E-state index contributed by atoms with van der Waals surface area (Å²) in [5.74, 6) is -0.629. The van der Waals surface area contributed by atoms with Gasteiger partial charge in [0.2, 0.25) is 5.91 Å². The zero-order valence-corrected chi connectivity index (χ0v) is 12.2. The first-order chi connectivity index (χ1) is 9.97. The van der Waals surface area contributed by atoms with Crippen LogP contribution in [0, 0.1) is 0 Å². The van der Waals surface area contributed by atoms with Crippen LogP contribution in [0.15, 0.2) is 42.6 Å². The summed E-state index contributed by atoms with van der Waals surface area (Å²) < 4.78 is 0. The van der Waals surface area contributed by atoms with Crippen molar-refractivity contribution in [1.29, 1.82) is 0 Å². The first-order valence-corrected chi connectivity index (χ1v) is 6.61. The van der Waals surface area contributed by atoms with Crippen molar-refractivity contribution in [3.05, 3.63) is 64.4 Å². The number of rotatable bonds is 4. The Morgan fingerprint density at radius 2 is 1.86 bits per heavy atom. The van der Waals surface area contributed by atoms with Crippen molar-refractivity contribution in [1.82, 2.24) is 9.88 Å². The molecule has 0 bridgehead atoms. The number of benzene rings is 1. The molecular formula is C15H14ClN3O2. The molecule has 0 aliphatic heterocycles. The maximum Gasteiger partial charge on any atom is 0.254 e. The number of pyridine rings is 1. The second-order valence-electron chi connectivity index (χ2n) is 4.59. The Morgan fingerprint density at radius 1 is 1.19 bits per heavy atom. The van der Waals surface area contributed by atoms with E-state index in [2.05, 4.69) is 4.98 Å². The van der Waals surface area contributed by atoms with E-state index in [-0.39, 0.29) is 11.1 Å². The lowest BCUT2D eigenvalue weighted by atomic mass is 10.1. The molecule has 0 aliphatic carbocycles. The maximum absolute atomic E-state index is 12.2. The number of nitrogens with two attached hydrogens (primary N) is 1. The van der Waals surface area contributed by atoms with Crippen LogP contribution in [0.5, 0.6) is 0 Å². The Balaban J connectivity index is 2.08. The van der Waals surface area contributed by atoms with Gasteiger partial charge in [-0.15, -0.1) is 0 Å². The van der Waals surface area contributed by atoms with Gasteiger partial charge in [0.25, 0.3) is 5.91 Å². The molecule has 0 atom stereocenters. The molecule has 1 aromatic carbocycles. The number of carbonyl (C=O) groups is 2. The molecule has 0 spiro atoms. The second-order valence-corrected chi connectivity index (χ2v) is 4.98. The zero-order chi connectivity index (χ0) is 15.4. The number of aromatic nitrogens is 1. The summed E-state index contributed by atoms with van der Waals surface area (Å²) in [7, 11) is 1.69. The van der Waals surface area contributed by atoms with Gasteiger partial charge in [0.05, 0.1) is 0 Å². The highest BCUT2D eigenvalue weighted by Crippen LogP contribution is 2.12. The number of hydrogen-bond acceptors (Lipinski definition) is 3. The average molecular weight is 304 g/mol. The predicted molar refractivity (Wildman–Crippen MR) is 80.0 cm³/mol. The van der Waals surface area contributed by atoms with Crippen LogP contribution < -0.4 is 5.73 Å². The second kappa shape index (κ2) is 6.37. The van der Waals surface area contributed by atoms with Crippen LogP contribution in [0.2, 0.25) is 5.15 Å². The van der Waals surface area contributed by atoms with Gasteiger partial charge in [-0.3, -0.25) is 9.59 Å². The molecule has 0 fully saturated rings. The predicted octanol–water partition coefficient (Wildman–Crippen LogP) is 2.11. The van der Waals surface area contributed by atoms with E-state index in [9.17, 15) is 9.59 Å². The monoisotopic (exact) mass is 303 g/mol. The molecule has 2 rings (SSSR count). The molecule has 2 amide bonds. The lowest BCUT2D eigenvalue weighted by molar-refractivity contribution is 0.0784. The number of carbonyl (C=O) groups excluding carboxylic acids is 2. The van der Waals surface area contributed by atoms with Crippen LogP contribution in [0.1, 0.15) is 26.3 Å². The van der Waals surface area contributed by atoms with Gasteiger partial charge in [-0.25, -0.2) is 4.98 Å². The molecule has 6 heteroatoms. The summed E-state index contributed by atoms with van der Waals surface area (Å²) in [6, 6.07) is 9.95. The van der Waals surface area contributed by atoms with Gasteiger partial charge in [0.1, 0.15) is 5.15 Å². The van der Waals surface area contributed by atoms with Crippen LogP contribution >= 0.6 is 11.6 Å². The van der Waals surface area contributed by atoms with Crippen molar-refractivity contribution in [2.45, 2.75) is 6.54 Å². The Bertz CT molecular complexity index is 671. The number of amides is 2. The normalized spacial score (nSPS) is 10.2. The molecular weight excluding hydrogens is 290 g/mol. The highest BCUT2D eigenvalue weighted by molar-refractivity contribution is 6.29. The topological polar surface area (TPSA) is 76.3 Å². The summed E-state index contributed by atoms with van der Waals surface area (Å²) in [4.78, 5) is 28.6. The third-order valence-electron chi connectivity index (χ3n) is 2.98. The molecule has 108 valence electrons. The molecule has 0 radical (unpaired) electrons. The molecule has 1 aromatic heterocycles. The van der Waals surface area contributed by atoms with E-state index in [1.165, 1.54) is 12.3 Å². The Kier molecular flexibility index (Phi) is 4.55. The SMILES string of the molecule is CN(Cc1ccc(C(N)=O)cc1)C(=O)c1ccnc(Cl)c1. The van der Waals surface area contributed by atoms with Gasteiger partial charge in [-0.2, -0.15) is 0 Å². The molecule has 2 N–H and O–H groups in total. The van der Waals surface area contributed by atoms with Crippen LogP contribution in [0.25, 0.3) is 0 Å². The van der Waals surface area contributed by atoms with Crippen LogP contribution in [-0.4, -0.2) is 28.7 Å². The highest BCUT2D eigenvalue weighted by atomic mass is 35.5. The highest BCUT2D eigenvalue weighted by Gasteiger charge is 2.12. The van der Waals surface area contributed by atoms with Crippen molar-refractivity contribution in [3.8, 4) is 0 Å². The van der Waals surface area contributed by atoms with Crippen molar-refractivity contribution >= 4 is 23.4 Å². The van der Waals surface area contributed by atoms with Gasteiger partial charge in [-0.05, 0) is 29.8 Å². The Morgan fingerprint density at radius 3 is 2.43 bits per heavy atom. The first-order valence-electron chi connectivity index (χ1n) is 6.23. The van der Waals surface area contributed by atoms with E-state index in [1.54, 1.807) is 42.3 Å². The minimum absolute atomic E-state index is 0.154. The fourth-order valence-electron chi connectivity index (χ4n) is 1.88. The standard InChI is InChI=1S/C15H14ClN3O2/c1-19(15(21)12-6-7-18-13(16)8-12)9-10-2-4-11(5-3-10)14(17)20/h2-8H,9H2,1H3,(H2,17,20). The fraction of sp³-hybridized carbons (Fsp3) is 0.133. The van der Waals surface area contributed by atoms with E-state index < -0.39 is 5.91 Å². The van der Waals surface area contributed by atoms with Crippen molar-refractivity contribution < 1.29 is 9.59 Å². The van der Waals surface area contributed by atoms with Crippen molar-refractivity contribution in [2.24, 2.45) is 5.73 Å². The lowest BCUT2D eigenvalue weighted by Gasteiger charge is -2.17. The fourth-order valence-corrected chi connectivity index (χ4v) is 2.05. The van der Waals surface area contributed by atoms with Gasteiger partial charge in [0.15, 0.2) is 0 Å². The minimum atomic E-state index is -0.475. The van der Waals surface area contributed by atoms with E-state index in [1.807, 2.05) is 0 Å². The third kappa shape index (κ3) is 3.79.